The predicted molar refractivity (Wildman–Crippen MR) is 128 cm³/mol. The molecule has 0 radical (unpaired) electrons. The molecule has 1 heterocycles. The monoisotopic (exact) mass is 454 g/mol. The average Bonchev–Trinajstić information content (AvgIpc) is 3.22. The number of carbonyl (C=O) groups excluding carboxylic acids is 2. The second-order valence-electron chi connectivity index (χ2n) is 9.05. The van der Waals surface area contributed by atoms with E-state index in [0.717, 1.165) is 16.7 Å². The lowest BCUT2D eigenvalue weighted by Gasteiger charge is -2.24. The van der Waals surface area contributed by atoms with E-state index in [4.69, 9.17) is 0 Å². The standard InChI is InChI=1S/C25H30N2O4S/c1-25(2,3)20-11-10-17(12-19(20)16-8-6-5-7-9-16)23(29)26-14-22(28)27-15-18(32-4)13-21(27)24(30)31/h5-12,18,21H,13-15H2,1-4H3,(H,26,29)(H,30,31)/t18-,21?/m1/s1. The van der Waals surface area contributed by atoms with Gasteiger partial charge in [-0.3, -0.25) is 9.59 Å². The number of thioether (sulfide) groups is 1. The minimum atomic E-state index is -1.01. The van der Waals surface area contributed by atoms with Gasteiger partial charge < -0.3 is 15.3 Å². The maximum absolute atomic E-state index is 12.8. The fourth-order valence-corrected chi connectivity index (χ4v) is 4.72. The van der Waals surface area contributed by atoms with Gasteiger partial charge in [-0.15, -0.1) is 0 Å². The van der Waals surface area contributed by atoms with Gasteiger partial charge in [0.25, 0.3) is 5.91 Å². The maximum atomic E-state index is 12.8. The molecule has 1 aliphatic rings. The van der Waals surface area contributed by atoms with Crippen molar-refractivity contribution in [2.24, 2.45) is 0 Å². The van der Waals surface area contributed by atoms with Gasteiger partial charge in [-0.2, -0.15) is 11.8 Å². The molecular weight excluding hydrogens is 424 g/mol. The van der Waals surface area contributed by atoms with Crippen LogP contribution in [-0.4, -0.2) is 58.4 Å². The van der Waals surface area contributed by atoms with Crippen molar-refractivity contribution in [2.45, 2.75) is 43.9 Å². The molecule has 2 N–H and O–H groups in total. The zero-order valence-corrected chi connectivity index (χ0v) is 19.7. The first-order valence-corrected chi connectivity index (χ1v) is 11.9. The van der Waals surface area contributed by atoms with E-state index in [9.17, 15) is 19.5 Å². The van der Waals surface area contributed by atoms with Gasteiger partial charge in [0, 0.05) is 17.4 Å². The van der Waals surface area contributed by atoms with Crippen molar-refractivity contribution in [1.82, 2.24) is 10.2 Å². The molecule has 0 aliphatic carbocycles. The number of rotatable bonds is 6. The van der Waals surface area contributed by atoms with Gasteiger partial charge >= 0.3 is 5.97 Å². The Bertz CT molecular complexity index is 1000. The molecule has 1 fully saturated rings. The second-order valence-corrected chi connectivity index (χ2v) is 10.2. The first-order valence-electron chi connectivity index (χ1n) is 10.6. The van der Waals surface area contributed by atoms with E-state index in [1.165, 1.54) is 4.90 Å². The number of carboxylic acid groups (broad SMARTS) is 1. The van der Waals surface area contributed by atoms with Crippen LogP contribution in [0.1, 0.15) is 43.1 Å². The molecule has 1 saturated heterocycles. The maximum Gasteiger partial charge on any atom is 0.326 e. The molecule has 1 aliphatic heterocycles. The smallest absolute Gasteiger partial charge is 0.326 e. The lowest BCUT2D eigenvalue weighted by Crippen LogP contribution is -2.45. The van der Waals surface area contributed by atoms with E-state index in [0.29, 0.717) is 18.5 Å². The minimum Gasteiger partial charge on any atom is -0.480 e. The molecule has 170 valence electrons. The number of nitrogens with one attached hydrogen (secondary N) is 1. The van der Waals surface area contributed by atoms with Gasteiger partial charge in [0.05, 0.1) is 6.54 Å². The topological polar surface area (TPSA) is 86.7 Å². The summed E-state index contributed by atoms with van der Waals surface area (Å²) >= 11 is 1.55. The van der Waals surface area contributed by atoms with Gasteiger partial charge in [0.1, 0.15) is 6.04 Å². The Morgan fingerprint density at radius 1 is 1.12 bits per heavy atom. The molecule has 6 nitrogen and oxygen atoms in total. The van der Waals surface area contributed by atoms with E-state index in [1.807, 2.05) is 48.7 Å². The summed E-state index contributed by atoms with van der Waals surface area (Å²) in [5.41, 5.74) is 3.48. The molecule has 7 heteroatoms. The highest BCUT2D eigenvalue weighted by Gasteiger charge is 2.39. The Labute approximate surface area is 193 Å². The van der Waals surface area contributed by atoms with Crippen LogP contribution in [0.5, 0.6) is 0 Å². The molecule has 32 heavy (non-hydrogen) atoms. The summed E-state index contributed by atoms with van der Waals surface area (Å²) < 4.78 is 0. The quantitative estimate of drug-likeness (QED) is 0.693. The van der Waals surface area contributed by atoms with Crippen LogP contribution in [0.15, 0.2) is 48.5 Å². The van der Waals surface area contributed by atoms with E-state index in [2.05, 4.69) is 26.1 Å². The number of carbonyl (C=O) groups is 3. The molecule has 1 unspecified atom stereocenters. The third-order valence-corrected chi connectivity index (χ3v) is 6.78. The van der Waals surface area contributed by atoms with Crippen molar-refractivity contribution in [3.8, 4) is 11.1 Å². The van der Waals surface area contributed by atoms with Crippen molar-refractivity contribution < 1.29 is 19.5 Å². The number of carboxylic acids is 1. The SMILES string of the molecule is CS[C@@H]1CC(C(=O)O)N(C(=O)CNC(=O)c2ccc(C(C)(C)C)c(-c3ccccc3)c2)C1. The molecule has 2 aromatic rings. The zero-order chi connectivity index (χ0) is 23.5. The van der Waals surface area contributed by atoms with Gasteiger partial charge in [0.2, 0.25) is 5.91 Å². The van der Waals surface area contributed by atoms with Crippen LogP contribution in [0.2, 0.25) is 0 Å². The Hall–Kier alpha value is -2.80. The second kappa shape index (κ2) is 9.77. The molecule has 0 aromatic heterocycles. The minimum absolute atomic E-state index is 0.0918. The van der Waals surface area contributed by atoms with Gasteiger partial charge in [-0.1, -0.05) is 57.2 Å². The fourth-order valence-electron chi connectivity index (χ4n) is 4.03. The number of nitrogens with zero attached hydrogens (tertiary/aromatic N) is 1. The molecule has 0 spiro atoms. The molecule has 0 bridgehead atoms. The number of aliphatic carboxylic acids is 1. The molecule has 0 saturated carbocycles. The highest BCUT2D eigenvalue weighted by molar-refractivity contribution is 7.99. The van der Waals surface area contributed by atoms with Crippen molar-refractivity contribution in [3.05, 3.63) is 59.7 Å². The summed E-state index contributed by atoms with van der Waals surface area (Å²) in [6.45, 7) is 6.54. The number of likely N-dealkylation sites (tertiary alicyclic amines) is 1. The lowest BCUT2D eigenvalue weighted by molar-refractivity contribution is -0.147. The Balaban J connectivity index is 1.77. The van der Waals surface area contributed by atoms with Gasteiger partial charge in [-0.25, -0.2) is 4.79 Å². The Morgan fingerprint density at radius 2 is 1.81 bits per heavy atom. The Kier molecular flexibility index (Phi) is 7.29. The normalized spacial score (nSPS) is 18.4. The number of hydrogen-bond acceptors (Lipinski definition) is 4. The van der Waals surface area contributed by atoms with Crippen molar-refractivity contribution in [1.29, 1.82) is 0 Å². The first-order chi connectivity index (χ1) is 15.1. The van der Waals surface area contributed by atoms with Crippen molar-refractivity contribution >= 4 is 29.5 Å². The van der Waals surface area contributed by atoms with Crippen molar-refractivity contribution in [3.63, 3.8) is 0 Å². The molecule has 2 aromatic carbocycles. The highest BCUT2D eigenvalue weighted by atomic mass is 32.2. The van der Waals surface area contributed by atoms with E-state index < -0.39 is 12.0 Å². The van der Waals surface area contributed by atoms with Gasteiger partial charge in [0.15, 0.2) is 0 Å². The van der Waals surface area contributed by atoms with Crippen molar-refractivity contribution in [2.75, 3.05) is 19.3 Å². The zero-order valence-electron chi connectivity index (χ0n) is 18.9. The average molecular weight is 455 g/mol. The molecule has 3 rings (SSSR count). The van der Waals surface area contributed by atoms with E-state index >= 15 is 0 Å². The fraction of sp³-hybridized carbons (Fsp3) is 0.400. The third-order valence-electron chi connectivity index (χ3n) is 5.78. The number of benzene rings is 2. The first kappa shape index (κ1) is 23.9. The Morgan fingerprint density at radius 3 is 2.41 bits per heavy atom. The largest absolute Gasteiger partial charge is 0.480 e. The number of amides is 2. The molecule has 2 atom stereocenters. The van der Waals surface area contributed by atoms with Crippen LogP contribution in [-0.2, 0) is 15.0 Å². The van der Waals surface area contributed by atoms with Crippen LogP contribution in [0, 0.1) is 0 Å². The number of hydrogen-bond donors (Lipinski definition) is 2. The highest BCUT2D eigenvalue weighted by Crippen LogP contribution is 2.33. The summed E-state index contributed by atoms with van der Waals surface area (Å²) in [4.78, 5) is 38.4. The van der Waals surface area contributed by atoms with Crippen LogP contribution < -0.4 is 5.32 Å². The van der Waals surface area contributed by atoms with Crippen LogP contribution in [0.25, 0.3) is 11.1 Å². The molecular formula is C25H30N2O4S. The van der Waals surface area contributed by atoms with Crippen LogP contribution >= 0.6 is 11.8 Å². The predicted octanol–water partition coefficient (Wildman–Crippen LogP) is 3.80. The third kappa shape index (κ3) is 5.33. The van der Waals surface area contributed by atoms with Crippen LogP contribution in [0.4, 0.5) is 0 Å². The summed E-state index contributed by atoms with van der Waals surface area (Å²) in [7, 11) is 0. The molecule has 2 amide bonds. The van der Waals surface area contributed by atoms with E-state index in [-0.39, 0.29) is 29.0 Å². The van der Waals surface area contributed by atoms with Gasteiger partial charge in [-0.05, 0) is 46.9 Å². The summed E-state index contributed by atoms with van der Waals surface area (Å²) in [5.74, 6) is -1.74. The summed E-state index contributed by atoms with van der Waals surface area (Å²) in [6, 6.07) is 14.6. The van der Waals surface area contributed by atoms with Crippen LogP contribution in [0.3, 0.4) is 0 Å². The van der Waals surface area contributed by atoms with E-state index in [1.54, 1.807) is 17.8 Å². The summed E-state index contributed by atoms with van der Waals surface area (Å²) in [5, 5.41) is 12.2. The lowest BCUT2D eigenvalue weighted by atomic mass is 9.81. The summed E-state index contributed by atoms with van der Waals surface area (Å²) in [6.07, 6.45) is 2.33.